The summed E-state index contributed by atoms with van der Waals surface area (Å²) in [7, 11) is 0. The Morgan fingerprint density at radius 3 is 2.39 bits per heavy atom. The summed E-state index contributed by atoms with van der Waals surface area (Å²) in [5, 5.41) is 0. The number of carbonyl (C=O) groups excluding carboxylic acids is 1. The molecule has 0 heterocycles. The normalized spacial score (nSPS) is 15.2. The largest absolute Gasteiger partial charge is 0.436 e. The monoisotopic (exact) mass is 257 g/mol. The molecule has 0 aromatic carbocycles. The van der Waals surface area contributed by atoms with E-state index in [1.165, 1.54) is 0 Å². The Morgan fingerprint density at radius 1 is 1.33 bits per heavy atom. The van der Waals surface area contributed by atoms with Crippen molar-refractivity contribution in [1.29, 1.82) is 0 Å². The lowest BCUT2D eigenvalue weighted by molar-refractivity contribution is -0.174. The summed E-state index contributed by atoms with van der Waals surface area (Å²) in [5.74, 6) is 0.178. The van der Waals surface area contributed by atoms with Crippen LogP contribution in [0.4, 0.5) is 0 Å². The first-order valence-corrected chi connectivity index (χ1v) is 6.91. The lowest BCUT2D eigenvalue weighted by Gasteiger charge is -2.23. The standard InChI is InChI=1S/C15H29O3/c1-7-9-14(17-8-2)18-13(16)10-12(3)11-15(4,5)6/h8,12,14H,7,9-11H2,1-6H3. The highest BCUT2D eigenvalue weighted by Gasteiger charge is 2.20. The number of hydrogen-bond donors (Lipinski definition) is 0. The van der Waals surface area contributed by atoms with Gasteiger partial charge in [-0.1, -0.05) is 41.0 Å². The number of hydrogen-bond acceptors (Lipinski definition) is 3. The van der Waals surface area contributed by atoms with Crippen LogP contribution in [0.25, 0.3) is 0 Å². The maximum atomic E-state index is 11.8. The molecule has 0 aliphatic carbocycles. The minimum absolute atomic E-state index is 0.160. The summed E-state index contributed by atoms with van der Waals surface area (Å²) in [6.45, 7) is 14.1. The molecular formula is C15H29O3. The van der Waals surface area contributed by atoms with Crippen molar-refractivity contribution in [1.82, 2.24) is 0 Å². The second kappa shape index (κ2) is 8.52. The molecular weight excluding hydrogens is 228 g/mol. The maximum Gasteiger partial charge on any atom is 0.308 e. The van der Waals surface area contributed by atoms with Gasteiger partial charge in [0.1, 0.15) is 0 Å². The van der Waals surface area contributed by atoms with Gasteiger partial charge in [0.15, 0.2) is 0 Å². The molecule has 107 valence electrons. The van der Waals surface area contributed by atoms with Gasteiger partial charge in [0, 0.05) is 12.8 Å². The Hall–Kier alpha value is -0.570. The maximum absolute atomic E-state index is 11.8. The Bertz CT molecular complexity index is 224. The van der Waals surface area contributed by atoms with Crippen molar-refractivity contribution in [3.63, 3.8) is 0 Å². The van der Waals surface area contributed by atoms with Crippen LogP contribution in [-0.2, 0) is 14.3 Å². The van der Waals surface area contributed by atoms with E-state index >= 15 is 0 Å². The van der Waals surface area contributed by atoms with Crippen LogP contribution in [0.3, 0.4) is 0 Å². The van der Waals surface area contributed by atoms with E-state index in [-0.39, 0.29) is 11.4 Å². The van der Waals surface area contributed by atoms with Gasteiger partial charge in [-0.2, -0.15) is 0 Å². The van der Waals surface area contributed by atoms with E-state index in [0.29, 0.717) is 12.3 Å². The fourth-order valence-electron chi connectivity index (χ4n) is 2.14. The molecule has 0 aromatic rings. The zero-order chi connectivity index (χ0) is 14.2. The Balaban J connectivity index is 4.07. The lowest BCUT2D eigenvalue weighted by atomic mass is 9.84. The number of rotatable bonds is 8. The third-order valence-corrected chi connectivity index (χ3v) is 2.55. The highest BCUT2D eigenvalue weighted by Crippen LogP contribution is 2.26. The van der Waals surface area contributed by atoms with E-state index < -0.39 is 6.29 Å². The first-order chi connectivity index (χ1) is 8.28. The van der Waals surface area contributed by atoms with Crippen molar-refractivity contribution in [2.75, 3.05) is 0 Å². The van der Waals surface area contributed by atoms with Crippen LogP contribution >= 0.6 is 0 Å². The molecule has 18 heavy (non-hydrogen) atoms. The Labute approximate surface area is 112 Å². The Kier molecular flexibility index (Phi) is 8.25. The minimum atomic E-state index is -0.422. The van der Waals surface area contributed by atoms with E-state index in [0.717, 1.165) is 19.3 Å². The van der Waals surface area contributed by atoms with Crippen molar-refractivity contribution >= 4 is 5.97 Å². The van der Waals surface area contributed by atoms with Crippen molar-refractivity contribution in [3.8, 4) is 0 Å². The van der Waals surface area contributed by atoms with E-state index in [9.17, 15) is 4.79 Å². The number of ether oxygens (including phenoxy) is 2. The fourth-order valence-corrected chi connectivity index (χ4v) is 2.14. The van der Waals surface area contributed by atoms with Crippen LogP contribution in [0.5, 0.6) is 0 Å². The molecule has 2 unspecified atom stereocenters. The van der Waals surface area contributed by atoms with Gasteiger partial charge >= 0.3 is 5.97 Å². The van der Waals surface area contributed by atoms with Gasteiger partial charge in [-0.3, -0.25) is 4.79 Å². The molecule has 0 aliphatic rings. The van der Waals surface area contributed by atoms with Gasteiger partial charge in [0.05, 0.1) is 6.61 Å². The molecule has 0 fully saturated rings. The summed E-state index contributed by atoms with van der Waals surface area (Å²) in [5.41, 5.74) is 0.246. The van der Waals surface area contributed by atoms with Crippen molar-refractivity contribution < 1.29 is 14.3 Å². The van der Waals surface area contributed by atoms with E-state index in [1.807, 2.05) is 6.92 Å². The highest BCUT2D eigenvalue weighted by molar-refractivity contribution is 5.69. The van der Waals surface area contributed by atoms with Crippen LogP contribution in [0, 0.1) is 17.9 Å². The number of carbonyl (C=O) groups is 1. The summed E-state index contributed by atoms with van der Waals surface area (Å²) in [6.07, 6.45) is 2.73. The Morgan fingerprint density at radius 2 is 1.94 bits per heavy atom. The molecule has 3 heteroatoms. The molecule has 1 radical (unpaired) electrons. The minimum Gasteiger partial charge on any atom is -0.436 e. The second-order valence-electron chi connectivity index (χ2n) is 6.15. The van der Waals surface area contributed by atoms with Gasteiger partial charge < -0.3 is 9.47 Å². The predicted molar refractivity (Wildman–Crippen MR) is 73.7 cm³/mol. The molecule has 0 rings (SSSR count). The van der Waals surface area contributed by atoms with Crippen LogP contribution in [-0.4, -0.2) is 12.3 Å². The third kappa shape index (κ3) is 9.46. The SMILES string of the molecule is C[CH]OC(CCC)OC(=O)CC(C)CC(C)(C)C. The van der Waals surface area contributed by atoms with Crippen LogP contribution < -0.4 is 0 Å². The van der Waals surface area contributed by atoms with E-state index in [1.54, 1.807) is 13.5 Å². The van der Waals surface area contributed by atoms with Crippen LogP contribution in [0.15, 0.2) is 0 Å². The molecule has 0 N–H and O–H groups in total. The van der Waals surface area contributed by atoms with Gasteiger partial charge in [0.2, 0.25) is 6.29 Å². The average molecular weight is 257 g/mol. The zero-order valence-electron chi connectivity index (χ0n) is 12.8. The van der Waals surface area contributed by atoms with Gasteiger partial charge in [-0.25, -0.2) is 0 Å². The number of esters is 1. The molecule has 0 spiro atoms. The first-order valence-electron chi connectivity index (χ1n) is 6.91. The smallest absolute Gasteiger partial charge is 0.308 e. The summed E-state index contributed by atoms with van der Waals surface area (Å²) in [6, 6.07) is 0. The van der Waals surface area contributed by atoms with Crippen LogP contribution in [0.1, 0.15) is 67.2 Å². The average Bonchev–Trinajstić information content (AvgIpc) is 2.14. The van der Waals surface area contributed by atoms with E-state index in [4.69, 9.17) is 9.47 Å². The molecule has 2 atom stereocenters. The molecule has 0 saturated heterocycles. The molecule has 0 bridgehead atoms. The molecule has 0 amide bonds. The van der Waals surface area contributed by atoms with Gasteiger partial charge in [-0.15, -0.1) is 0 Å². The molecule has 3 nitrogen and oxygen atoms in total. The second-order valence-corrected chi connectivity index (χ2v) is 6.15. The van der Waals surface area contributed by atoms with Gasteiger partial charge in [-0.05, 0) is 24.7 Å². The third-order valence-electron chi connectivity index (χ3n) is 2.55. The van der Waals surface area contributed by atoms with Crippen molar-refractivity contribution in [2.45, 2.75) is 73.5 Å². The quantitative estimate of drug-likeness (QED) is 0.480. The predicted octanol–water partition coefficient (Wildman–Crippen LogP) is 4.32. The van der Waals surface area contributed by atoms with Crippen LogP contribution in [0.2, 0.25) is 0 Å². The lowest BCUT2D eigenvalue weighted by Crippen LogP contribution is -2.22. The topological polar surface area (TPSA) is 35.5 Å². The zero-order valence-corrected chi connectivity index (χ0v) is 12.8. The van der Waals surface area contributed by atoms with Crippen molar-refractivity contribution in [2.24, 2.45) is 11.3 Å². The highest BCUT2D eigenvalue weighted by atomic mass is 16.7. The van der Waals surface area contributed by atoms with Crippen molar-refractivity contribution in [3.05, 3.63) is 6.61 Å². The van der Waals surface area contributed by atoms with E-state index in [2.05, 4.69) is 27.7 Å². The summed E-state index contributed by atoms with van der Waals surface area (Å²) in [4.78, 5) is 11.8. The summed E-state index contributed by atoms with van der Waals surface area (Å²) >= 11 is 0. The fraction of sp³-hybridized carbons (Fsp3) is 0.867. The van der Waals surface area contributed by atoms with Gasteiger partial charge in [0.25, 0.3) is 0 Å². The first kappa shape index (κ1) is 17.4. The molecule has 0 saturated carbocycles. The summed E-state index contributed by atoms with van der Waals surface area (Å²) < 4.78 is 10.6. The molecule has 0 aliphatic heterocycles. The molecule has 0 aromatic heterocycles.